The minimum atomic E-state index is -1.15. The van der Waals surface area contributed by atoms with Crippen LogP contribution in [0.3, 0.4) is 0 Å². The molecule has 0 bridgehead atoms. The number of nitrogens with one attached hydrogen (secondary N) is 1. The standard InChI is InChI=1S/C15H13BrN2O3/c1-15(12-7-4-8-21-12)13(19)18(14(20)17-15)9-10-5-2-3-6-11(10)16/h2-8H,9H2,1H3,(H,17,20)/t15-/m1/s1. The van der Waals surface area contributed by atoms with Crippen LogP contribution in [0, 0.1) is 0 Å². The van der Waals surface area contributed by atoms with Gasteiger partial charge in [0, 0.05) is 4.47 Å². The molecule has 1 aliphatic rings. The highest BCUT2D eigenvalue weighted by Crippen LogP contribution is 2.30. The Bertz CT molecular complexity index is 699. The normalized spacial score (nSPS) is 21.7. The number of carbonyl (C=O) groups is 2. The van der Waals surface area contributed by atoms with E-state index in [0.717, 1.165) is 10.0 Å². The van der Waals surface area contributed by atoms with Gasteiger partial charge in [0.1, 0.15) is 5.76 Å². The van der Waals surface area contributed by atoms with Crippen LogP contribution in [0.1, 0.15) is 18.2 Å². The lowest BCUT2D eigenvalue weighted by Crippen LogP contribution is -2.40. The SMILES string of the molecule is C[C@]1(c2ccco2)NC(=O)N(Cc2ccccc2Br)C1=O. The molecular formula is C15H13BrN2O3. The van der Waals surface area contributed by atoms with Crippen molar-refractivity contribution in [2.45, 2.75) is 19.0 Å². The fourth-order valence-corrected chi connectivity index (χ4v) is 2.78. The molecule has 0 radical (unpaired) electrons. The number of urea groups is 1. The van der Waals surface area contributed by atoms with Gasteiger partial charge >= 0.3 is 6.03 Å². The number of hydrogen-bond acceptors (Lipinski definition) is 3. The molecule has 0 spiro atoms. The number of carbonyl (C=O) groups excluding carboxylic acids is 2. The number of hydrogen-bond donors (Lipinski definition) is 1. The molecule has 2 heterocycles. The van der Waals surface area contributed by atoms with E-state index in [1.807, 2.05) is 24.3 Å². The van der Waals surface area contributed by atoms with Crippen molar-refractivity contribution in [3.8, 4) is 0 Å². The summed E-state index contributed by atoms with van der Waals surface area (Å²) in [6, 6.07) is 10.4. The molecule has 1 aromatic heterocycles. The summed E-state index contributed by atoms with van der Waals surface area (Å²) in [5, 5.41) is 2.70. The van der Waals surface area contributed by atoms with Crippen LogP contribution in [0.25, 0.3) is 0 Å². The molecule has 5 nitrogen and oxygen atoms in total. The van der Waals surface area contributed by atoms with E-state index < -0.39 is 11.6 Å². The van der Waals surface area contributed by atoms with Gasteiger partial charge in [0.2, 0.25) is 0 Å². The van der Waals surface area contributed by atoms with Gasteiger partial charge in [0.05, 0.1) is 12.8 Å². The Hall–Kier alpha value is -2.08. The van der Waals surface area contributed by atoms with Crippen LogP contribution in [-0.2, 0) is 16.9 Å². The first kappa shape index (κ1) is 13.9. The third-order valence-electron chi connectivity index (χ3n) is 3.58. The molecule has 0 unspecified atom stereocenters. The minimum absolute atomic E-state index is 0.211. The topological polar surface area (TPSA) is 62.6 Å². The van der Waals surface area contributed by atoms with Crippen LogP contribution in [-0.4, -0.2) is 16.8 Å². The summed E-state index contributed by atoms with van der Waals surface area (Å²) < 4.78 is 6.15. The number of amides is 3. The van der Waals surface area contributed by atoms with Gasteiger partial charge < -0.3 is 9.73 Å². The molecule has 6 heteroatoms. The first-order valence-corrected chi connectivity index (χ1v) is 7.23. The molecule has 1 N–H and O–H groups in total. The molecule has 1 atom stereocenters. The van der Waals surface area contributed by atoms with Gasteiger partial charge in [-0.1, -0.05) is 34.1 Å². The fourth-order valence-electron chi connectivity index (χ4n) is 2.37. The van der Waals surface area contributed by atoms with Crippen molar-refractivity contribution in [2.24, 2.45) is 0 Å². The highest BCUT2D eigenvalue weighted by Gasteiger charge is 2.50. The molecular weight excluding hydrogens is 336 g/mol. The van der Waals surface area contributed by atoms with Gasteiger partial charge in [-0.2, -0.15) is 0 Å². The maximum absolute atomic E-state index is 12.6. The van der Waals surface area contributed by atoms with E-state index in [1.165, 1.54) is 11.2 Å². The van der Waals surface area contributed by atoms with Crippen molar-refractivity contribution in [1.29, 1.82) is 0 Å². The van der Waals surface area contributed by atoms with E-state index in [1.54, 1.807) is 19.1 Å². The Morgan fingerprint density at radius 1 is 1.24 bits per heavy atom. The second-order valence-electron chi connectivity index (χ2n) is 5.02. The van der Waals surface area contributed by atoms with Crippen LogP contribution in [0.15, 0.2) is 51.6 Å². The van der Waals surface area contributed by atoms with E-state index >= 15 is 0 Å². The lowest BCUT2D eigenvalue weighted by molar-refractivity contribution is -0.132. The third kappa shape index (κ3) is 2.25. The van der Waals surface area contributed by atoms with Crippen molar-refractivity contribution in [3.05, 3.63) is 58.5 Å². The second-order valence-corrected chi connectivity index (χ2v) is 5.87. The fraction of sp³-hybridized carbons (Fsp3) is 0.200. The van der Waals surface area contributed by atoms with Crippen molar-refractivity contribution in [2.75, 3.05) is 0 Å². The number of furan rings is 1. The minimum Gasteiger partial charge on any atom is -0.466 e. The summed E-state index contributed by atoms with van der Waals surface area (Å²) in [6.45, 7) is 1.86. The second kappa shape index (κ2) is 5.04. The Morgan fingerprint density at radius 3 is 2.67 bits per heavy atom. The number of benzene rings is 1. The summed E-state index contributed by atoms with van der Waals surface area (Å²) in [6.07, 6.45) is 1.48. The number of rotatable bonds is 3. The molecule has 2 aromatic rings. The summed E-state index contributed by atoms with van der Waals surface area (Å²) in [7, 11) is 0. The summed E-state index contributed by atoms with van der Waals surface area (Å²) >= 11 is 3.42. The van der Waals surface area contributed by atoms with Crippen LogP contribution in [0.5, 0.6) is 0 Å². The van der Waals surface area contributed by atoms with Gasteiger partial charge in [-0.25, -0.2) is 4.79 Å². The molecule has 1 aliphatic heterocycles. The van der Waals surface area contributed by atoms with E-state index in [4.69, 9.17) is 4.42 Å². The average Bonchev–Trinajstić information content (AvgIpc) is 3.06. The molecule has 0 saturated carbocycles. The van der Waals surface area contributed by atoms with Crippen molar-refractivity contribution >= 4 is 27.9 Å². The van der Waals surface area contributed by atoms with Gasteiger partial charge in [-0.3, -0.25) is 9.69 Å². The lowest BCUT2D eigenvalue weighted by atomic mass is 9.99. The van der Waals surface area contributed by atoms with Gasteiger partial charge in [0.25, 0.3) is 5.91 Å². The van der Waals surface area contributed by atoms with Gasteiger partial charge in [-0.05, 0) is 30.7 Å². The quantitative estimate of drug-likeness (QED) is 0.867. The van der Waals surface area contributed by atoms with Crippen molar-refractivity contribution < 1.29 is 14.0 Å². The summed E-state index contributed by atoms with van der Waals surface area (Å²) in [5.74, 6) is 0.105. The summed E-state index contributed by atoms with van der Waals surface area (Å²) in [5.41, 5.74) is -0.285. The van der Waals surface area contributed by atoms with Crippen LogP contribution in [0.2, 0.25) is 0 Å². The molecule has 0 aliphatic carbocycles. The number of imide groups is 1. The van der Waals surface area contributed by atoms with E-state index in [9.17, 15) is 9.59 Å². The predicted molar refractivity (Wildman–Crippen MR) is 79.3 cm³/mol. The van der Waals surface area contributed by atoms with Crippen LogP contribution < -0.4 is 5.32 Å². The first-order valence-electron chi connectivity index (χ1n) is 6.44. The number of nitrogens with zero attached hydrogens (tertiary/aromatic N) is 1. The zero-order valence-corrected chi connectivity index (χ0v) is 12.9. The highest BCUT2D eigenvalue weighted by molar-refractivity contribution is 9.10. The lowest BCUT2D eigenvalue weighted by Gasteiger charge is -2.19. The maximum Gasteiger partial charge on any atom is 0.325 e. The molecule has 1 saturated heterocycles. The van der Waals surface area contributed by atoms with Gasteiger partial charge in [-0.15, -0.1) is 0 Å². The van der Waals surface area contributed by atoms with E-state index in [0.29, 0.717) is 5.76 Å². The molecule has 108 valence electrons. The van der Waals surface area contributed by atoms with E-state index in [-0.39, 0.29) is 12.5 Å². The zero-order chi connectivity index (χ0) is 15.0. The smallest absolute Gasteiger partial charge is 0.325 e. The Morgan fingerprint density at radius 2 is 2.00 bits per heavy atom. The van der Waals surface area contributed by atoms with Crippen LogP contribution in [0.4, 0.5) is 4.79 Å². The van der Waals surface area contributed by atoms with Crippen molar-refractivity contribution in [3.63, 3.8) is 0 Å². The summed E-state index contributed by atoms with van der Waals surface area (Å²) in [4.78, 5) is 26.0. The van der Waals surface area contributed by atoms with Crippen molar-refractivity contribution in [1.82, 2.24) is 10.2 Å². The maximum atomic E-state index is 12.6. The first-order chi connectivity index (χ1) is 10.0. The molecule has 1 fully saturated rings. The van der Waals surface area contributed by atoms with E-state index in [2.05, 4.69) is 21.2 Å². The largest absolute Gasteiger partial charge is 0.466 e. The predicted octanol–water partition coefficient (Wildman–Crippen LogP) is 3.01. The average molecular weight is 349 g/mol. The third-order valence-corrected chi connectivity index (χ3v) is 4.35. The monoisotopic (exact) mass is 348 g/mol. The molecule has 21 heavy (non-hydrogen) atoms. The van der Waals surface area contributed by atoms with Crippen LogP contribution >= 0.6 is 15.9 Å². The van der Waals surface area contributed by atoms with Gasteiger partial charge in [0.15, 0.2) is 5.54 Å². The highest BCUT2D eigenvalue weighted by atomic mass is 79.9. The molecule has 3 amide bonds. The Labute approximate surface area is 130 Å². The zero-order valence-electron chi connectivity index (χ0n) is 11.3. The molecule has 3 rings (SSSR count). The Balaban J connectivity index is 1.90. The number of halogens is 1. The Kier molecular flexibility index (Phi) is 3.33. The molecule has 1 aromatic carbocycles.